The lowest BCUT2D eigenvalue weighted by atomic mass is 9.70. The molecular weight excluding hydrogens is 259 g/mol. The van der Waals surface area contributed by atoms with Crippen LogP contribution < -0.4 is 5.73 Å². The Morgan fingerprint density at radius 1 is 1.44 bits per heavy atom. The van der Waals surface area contributed by atoms with Crippen LogP contribution in [0.25, 0.3) is 0 Å². The zero-order valence-corrected chi connectivity index (χ0v) is 10.5. The summed E-state index contributed by atoms with van der Waals surface area (Å²) in [7, 11) is -0.509. The summed E-state index contributed by atoms with van der Waals surface area (Å²) in [6, 6.07) is 0. The van der Waals surface area contributed by atoms with Crippen LogP contribution >= 0.6 is 12.4 Å². The first-order valence-corrected chi connectivity index (χ1v) is 5.63. The van der Waals surface area contributed by atoms with Gasteiger partial charge in [0.05, 0.1) is 18.5 Å². The molecule has 0 unspecified atom stereocenters. The maximum absolute atomic E-state index is 12.9. The van der Waals surface area contributed by atoms with Gasteiger partial charge in [-0.2, -0.15) is 0 Å². The monoisotopic (exact) mass is 273 g/mol. The van der Waals surface area contributed by atoms with E-state index >= 15 is 0 Å². The van der Waals surface area contributed by atoms with Crippen LogP contribution in [-0.2, 0) is 14.0 Å². The molecule has 0 aromatic heterocycles. The van der Waals surface area contributed by atoms with Gasteiger partial charge in [0, 0.05) is 6.54 Å². The van der Waals surface area contributed by atoms with Gasteiger partial charge < -0.3 is 19.8 Å². The van der Waals surface area contributed by atoms with Crippen molar-refractivity contribution in [2.75, 3.05) is 19.8 Å². The molecule has 0 saturated heterocycles. The van der Waals surface area contributed by atoms with Crippen molar-refractivity contribution in [2.45, 2.75) is 12.2 Å². The second kappa shape index (κ2) is 5.44. The van der Waals surface area contributed by atoms with Gasteiger partial charge in [-0.3, -0.25) is 0 Å². The Kier molecular flexibility index (Phi) is 4.12. The Morgan fingerprint density at radius 2 is 2.28 bits per heavy atom. The highest BCUT2D eigenvalue weighted by molar-refractivity contribution is 6.57. The van der Waals surface area contributed by atoms with Gasteiger partial charge in [0.1, 0.15) is 13.3 Å². The third-order valence-electron chi connectivity index (χ3n) is 3.19. The van der Waals surface area contributed by atoms with Crippen molar-refractivity contribution >= 4 is 19.5 Å². The molecule has 3 heterocycles. The minimum atomic E-state index is -0.567. The minimum Gasteiger partial charge on any atom is -0.497 e. The SMILES string of the molecule is Cl.NC[C@@H]1C=C2C=COCC3=C2B(O1)O[C@@H]3CF. The first-order valence-electron chi connectivity index (χ1n) is 5.63. The van der Waals surface area contributed by atoms with Crippen molar-refractivity contribution in [2.24, 2.45) is 5.73 Å². The predicted octanol–water partition coefficient (Wildman–Crippen LogP) is 0.928. The van der Waals surface area contributed by atoms with Crippen molar-refractivity contribution < 1.29 is 18.4 Å². The Labute approximate surface area is 111 Å². The zero-order chi connectivity index (χ0) is 11.8. The van der Waals surface area contributed by atoms with Crippen molar-refractivity contribution in [1.82, 2.24) is 0 Å². The van der Waals surface area contributed by atoms with Gasteiger partial charge in [0.25, 0.3) is 0 Å². The number of hydrogen-bond donors (Lipinski definition) is 1. The average molecular weight is 273 g/mol. The standard InChI is InChI=1S/C11H13BFNO3.ClH/c13-4-10-9-6-15-2-1-7-3-8(5-14)16-12(17-10)11(7)9;/h1-3,8,10H,4-6,14H2;1H/t8-,10+;/m0./s1. The summed E-state index contributed by atoms with van der Waals surface area (Å²) in [5, 5.41) is 0. The molecule has 7 heteroatoms. The molecule has 0 amide bonds. The van der Waals surface area contributed by atoms with Crippen molar-refractivity contribution in [3.63, 3.8) is 0 Å². The number of alkyl halides is 1. The molecule has 2 atom stereocenters. The molecule has 98 valence electrons. The summed E-state index contributed by atoms with van der Waals surface area (Å²) in [5.74, 6) is 0. The molecule has 0 radical (unpaired) electrons. The minimum absolute atomic E-state index is 0. The fourth-order valence-corrected chi connectivity index (χ4v) is 2.36. The van der Waals surface area contributed by atoms with E-state index in [1.165, 1.54) is 0 Å². The number of nitrogens with two attached hydrogens (primary N) is 1. The van der Waals surface area contributed by atoms with Crippen LogP contribution in [0.4, 0.5) is 4.39 Å². The summed E-state index contributed by atoms with van der Waals surface area (Å²) in [4.78, 5) is 0. The molecule has 0 aliphatic carbocycles. The Bertz CT molecular complexity index is 427. The molecule has 0 spiro atoms. The molecule has 0 bridgehead atoms. The summed E-state index contributed by atoms with van der Waals surface area (Å²) in [6.45, 7) is 0.161. The van der Waals surface area contributed by atoms with Crippen LogP contribution in [-0.4, -0.2) is 39.2 Å². The van der Waals surface area contributed by atoms with Gasteiger partial charge in [-0.15, -0.1) is 12.4 Å². The Morgan fingerprint density at radius 3 is 3.00 bits per heavy atom. The van der Waals surface area contributed by atoms with Gasteiger partial charge in [-0.25, -0.2) is 4.39 Å². The summed E-state index contributed by atoms with van der Waals surface area (Å²) >= 11 is 0. The molecule has 0 fully saturated rings. The summed E-state index contributed by atoms with van der Waals surface area (Å²) < 4.78 is 29.4. The molecule has 3 aliphatic rings. The molecular formula is C11H14BClFNO3. The Hall–Kier alpha value is -0.815. The molecule has 2 N–H and O–H groups in total. The number of halogens is 2. The molecule has 0 aromatic carbocycles. The normalized spacial score (nSPS) is 29.2. The Balaban J connectivity index is 0.00000120. The van der Waals surface area contributed by atoms with Crippen molar-refractivity contribution in [3.8, 4) is 0 Å². The number of ether oxygens (including phenoxy) is 1. The van der Waals surface area contributed by atoms with Crippen molar-refractivity contribution in [3.05, 3.63) is 35.0 Å². The van der Waals surface area contributed by atoms with E-state index in [9.17, 15) is 4.39 Å². The topological polar surface area (TPSA) is 53.7 Å². The number of hydrogen-bond acceptors (Lipinski definition) is 4. The molecule has 0 aromatic rings. The van der Waals surface area contributed by atoms with Gasteiger partial charge >= 0.3 is 7.12 Å². The molecule has 3 aliphatic heterocycles. The second-order valence-electron chi connectivity index (χ2n) is 4.20. The van der Waals surface area contributed by atoms with Gasteiger partial charge in [0.15, 0.2) is 0 Å². The van der Waals surface area contributed by atoms with E-state index in [2.05, 4.69) is 0 Å². The highest BCUT2D eigenvalue weighted by atomic mass is 35.5. The summed E-state index contributed by atoms with van der Waals surface area (Å²) in [5.41, 5.74) is 8.31. The van der Waals surface area contributed by atoms with Crippen molar-refractivity contribution in [1.29, 1.82) is 0 Å². The highest BCUT2D eigenvalue weighted by Crippen LogP contribution is 2.36. The highest BCUT2D eigenvalue weighted by Gasteiger charge is 2.44. The van der Waals surface area contributed by atoms with Crippen LogP contribution in [0.1, 0.15) is 0 Å². The van der Waals surface area contributed by atoms with Gasteiger partial charge in [0.2, 0.25) is 0 Å². The second-order valence-corrected chi connectivity index (χ2v) is 4.20. The quantitative estimate of drug-likeness (QED) is 0.761. The van der Waals surface area contributed by atoms with E-state index in [4.69, 9.17) is 19.8 Å². The molecule has 18 heavy (non-hydrogen) atoms. The van der Waals surface area contributed by atoms with Crippen LogP contribution in [0.3, 0.4) is 0 Å². The maximum atomic E-state index is 12.9. The van der Waals surface area contributed by atoms with E-state index in [1.807, 2.05) is 12.2 Å². The zero-order valence-electron chi connectivity index (χ0n) is 9.67. The molecule has 4 nitrogen and oxygen atoms in total. The lowest BCUT2D eigenvalue weighted by Gasteiger charge is -2.24. The van der Waals surface area contributed by atoms with Crippen LogP contribution in [0.15, 0.2) is 35.0 Å². The third kappa shape index (κ3) is 2.10. The van der Waals surface area contributed by atoms with E-state index in [0.29, 0.717) is 13.2 Å². The smallest absolute Gasteiger partial charge is 0.495 e. The maximum Gasteiger partial charge on any atom is 0.495 e. The average Bonchev–Trinajstić information content (AvgIpc) is 2.57. The third-order valence-corrected chi connectivity index (χ3v) is 3.19. The predicted molar refractivity (Wildman–Crippen MR) is 68.0 cm³/mol. The largest absolute Gasteiger partial charge is 0.497 e. The lowest BCUT2D eigenvalue weighted by Crippen LogP contribution is -2.37. The molecule has 3 rings (SSSR count). The van der Waals surface area contributed by atoms with E-state index in [1.54, 1.807) is 6.26 Å². The first kappa shape index (κ1) is 13.6. The lowest BCUT2D eigenvalue weighted by molar-refractivity contribution is 0.127. The summed E-state index contributed by atoms with van der Waals surface area (Å²) in [6.07, 6.45) is 4.65. The fourth-order valence-electron chi connectivity index (χ4n) is 2.36. The van der Waals surface area contributed by atoms with E-state index < -0.39 is 19.9 Å². The van der Waals surface area contributed by atoms with Crippen LogP contribution in [0, 0.1) is 0 Å². The number of rotatable bonds is 2. The fraction of sp³-hybridized carbons (Fsp3) is 0.455. The molecule has 0 saturated carbocycles. The first-order chi connectivity index (χ1) is 8.33. The van der Waals surface area contributed by atoms with E-state index in [0.717, 1.165) is 16.6 Å². The van der Waals surface area contributed by atoms with Gasteiger partial charge in [-0.05, 0) is 28.8 Å². The van der Waals surface area contributed by atoms with Crippen LogP contribution in [0.2, 0.25) is 0 Å². The van der Waals surface area contributed by atoms with Crippen LogP contribution in [0.5, 0.6) is 0 Å². The number of allylic oxidation sites excluding steroid dienone is 3. The van der Waals surface area contributed by atoms with E-state index in [-0.39, 0.29) is 18.5 Å². The van der Waals surface area contributed by atoms with Gasteiger partial charge in [-0.1, -0.05) is 0 Å².